The van der Waals surface area contributed by atoms with Crippen LogP contribution >= 0.6 is 22.9 Å². The van der Waals surface area contributed by atoms with Crippen LogP contribution in [0.1, 0.15) is 12.0 Å². The van der Waals surface area contributed by atoms with Crippen molar-refractivity contribution in [3.63, 3.8) is 0 Å². The van der Waals surface area contributed by atoms with E-state index < -0.39 is 0 Å². The number of hydrogen-bond donors (Lipinski definition) is 1. The highest BCUT2D eigenvalue weighted by Gasteiger charge is 2.21. The average molecular weight is 474 g/mol. The Labute approximate surface area is 192 Å². The van der Waals surface area contributed by atoms with Gasteiger partial charge in [0.1, 0.15) is 11.4 Å². The van der Waals surface area contributed by atoms with Crippen molar-refractivity contribution in [2.45, 2.75) is 19.9 Å². The van der Waals surface area contributed by atoms with E-state index in [0.717, 1.165) is 5.56 Å². The van der Waals surface area contributed by atoms with Gasteiger partial charge in [0.05, 0.1) is 16.6 Å². The Bertz CT molecular complexity index is 1310. The number of nitrogens with one attached hydrogen (secondary N) is 1. The Hall–Kier alpha value is -3.08. The topological polar surface area (TPSA) is 112 Å². The summed E-state index contributed by atoms with van der Waals surface area (Å²) in [5, 5.41) is 7.85. The van der Waals surface area contributed by atoms with E-state index in [-0.39, 0.29) is 18.0 Å². The van der Waals surface area contributed by atoms with E-state index in [9.17, 15) is 9.59 Å². The number of nitrogens with zero attached hydrogens (tertiary/aromatic N) is 4. The van der Waals surface area contributed by atoms with Gasteiger partial charge >= 0.3 is 0 Å². The molecule has 0 saturated heterocycles. The summed E-state index contributed by atoms with van der Waals surface area (Å²) in [4.78, 5) is 35.2. The molecule has 0 atom stereocenters. The molecule has 1 N–H and O–H groups in total. The Morgan fingerprint density at radius 2 is 2.09 bits per heavy atom. The van der Waals surface area contributed by atoms with Crippen LogP contribution in [0.15, 0.2) is 39.9 Å². The molecule has 1 amide bonds. The zero-order valence-electron chi connectivity index (χ0n) is 17.4. The third-order valence-electron chi connectivity index (χ3n) is 4.80. The molecule has 4 rings (SSSR count). The molecule has 3 aromatic heterocycles. The second-order valence-corrected chi connectivity index (χ2v) is 8.48. The Morgan fingerprint density at radius 1 is 1.31 bits per heavy atom. The standard InChI is InChI=1S/C21H20ClN5O4S/c1-12-16-20(24-11-27(21(16)29)10-15(28)23-8-3-9-30-2)32-17(12)19-25-18(26-31-19)13-4-6-14(22)7-5-13/h4-7,11H,3,8-10H2,1-2H3,(H,23,28). The van der Waals surface area contributed by atoms with Crippen LogP contribution in [-0.2, 0) is 16.1 Å². The first kappa shape index (κ1) is 22.1. The van der Waals surface area contributed by atoms with Gasteiger partial charge in [-0.1, -0.05) is 16.8 Å². The minimum atomic E-state index is -0.292. The van der Waals surface area contributed by atoms with Gasteiger partial charge in [0.2, 0.25) is 11.7 Å². The fourth-order valence-corrected chi connectivity index (χ4v) is 4.35. The predicted octanol–water partition coefficient (Wildman–Crippen LogP) is 3.29. The van der Waals surface area contributed by atoms with Crippen LogP contribution in [0.5, 0.6) is 0 Å². The first-order valence-corrected chi connectivity index (χ1v) is 11.0. The number of amides is 1. The Kier molecular flexibility index (Phi) is 6.63. The van der Waals surface area contributed by atoms with E-state index in [0.29, 0.717) is 57.0 Å². The van der Waals surface area contributed by atoms with Crippen molar-refractivity contribution in [3.8, 4) is 22.2 Å². The van der Waals surface area contributed by atoms with Crippen LogP contribution in [0.25, 0.3) is 32.4 Å². The van der Waals surface area contributed by atoms with Gasteiger partial charge in [-0.05, 0) is 43.2 Å². The molecule has 11 heteroatoms. The molecule has 9 nitrogen and oxygen atoms in total. The molecule has 0 aliphatic heterocycles. The van der Waals surface area contributed by atoms with Crippen LogP contribution in [0, 0.1) is 6.92 Å². The van der Waals surface area contributed by atoms with Crippen molar-refractivity contribution in [1.82, 2.24) is 25.0 Å². The fourth-order valence-electron chi connectivity index (χ4n) is 3.16. The van der Waals surface area contributed by atoms with Crippen LogP contribution in [0.2, 0.25) is 5.02 Å². The van der Waals surface area contributed by atoms with Crippen molar-refractivity contribution in [3.05, 3.63) is 51.5 Å². The highest BCUT2D eigenvalue weighted by molar-refractivity contribution is 7.22. The summed E-state index contributed by atoms with van der Waals surface area (Å²) in [5.74, 6) is 0.461. The SMILES string of the molecule is COCCCNC(=O)Cn1cnc2sc(-c3nc(-c4ccc(Cl)cc4)no3)c(C)c2c1=O. The Balaban J connectivity index is 1.59. The van der Waals surface area contributed by atoms with E-state index in [2.05, 4.69) is 20.4 Å². The molecular weight excluding hydrogens is 454 g/mol. The number of benzene rings is 1. The number of fused-ring (bicyclic) bond motifs is 1. The van der Waals surface area contributed by atoms with E-state index in [1.54, 1.807) is 38.3 Å². The lowest BCUT2D eigenvalue weighted by Gasteiger charge is -2.07. The molecule has 0 spiro atoms. The monoisotopic (exact) mass is 473 g/mol. The lowest BCUT2D eigenvalue weighted by Crippen LogP contribution is -2.33. The lowest BCUT2D eigenvalue weighted by molar-refractivity contribution is -0.121. The van der Waals surface area contributed by atoms with Gasteiger partial charge in [0.25, 0.3) is 11.4 Å². The summed E-state index contributed by atoms with van der Waals surface area (Å²) >= 11 is 7.22. The number of carbonyl (C=O) groups is 1. The normalized spacial score (nSPS) is 11.2. The van der Waals surface area contributed by atoms with Crippen molar-refractivity contribution in [2.24, 2.45) is 0 Å². The molecule has 1 aromatic carbocycles. The molecule has 0 radical (unpaired) electrons. The number of ether oxygens (including phenoxy) is 1. The molecule has 0 aliphatic rings. The molecular formula is C21H20ClN5O4S. The lowest BCUT2D eigenvalue weighted by atomic mass is 10.2. The van der Waals surface area contributed by atoms with E-state index in [4.69, 9.17) is 20.9 Å². The molecule has 166 valence electrons. The van der Waals surface area contributed by atoms with E-state index in [1.807, 2.05) is 0 Å². The zero-order valence-corrected chi connectivity index (χ0v) is 19.0. The second-order valence-electron chi connectivity index (χ2n) is 7.04. The van der Waals surface area contributed by atoms with Gasteiger partial charge in [0.15, 0.2) is 0 Å². The van der Waals surface area contributed by atoms with Gasteiger partial charge < -0.3 is 14.6 Å². The third-order valence-corrected chi connectivity index (χ3v) is 6.24. The summed E-state index contributed by atoms with van der Waals surface area (Å²) < 4.78 is 11.7. The van der Waals surface area contributed by atoms with E-state index >= 15 is 0 Å². The molecule has 0 unspecified atom stereocenters. The molecule has 0 fully saturated rings. The predicted molar refractivity (Wildman–Crippen MR) is 122 cm³/mol. The van der Waals surface area contributed by atoms with Gasteiger partial charge in [-0.25, -0.2) is 4.98 Å². The number of rotatable bonds is 8. The van der Waals surface area contributed by atoms with Crippen molar-refractivity contribution >= 4 is 39.1 Å². The zero-order chi connectivity index (χ0) is 22.7. The van der Waals surface area contributed by atoms with Gasteiger partial charge in [-0.2, -0.15) is 4.98 Å². The van der Waals surface area contributed by atoms with Crippen LogP contribution in [0.4, 0.5) is 0 Å². The Morgan fingerprint density at radius 3 is 2.84 bits per heavy atom. The maximum atomic E-state index is 13.0. The summed E-state index contributed by atoms with van der Waals surface area (Å²) in [6, 6.07) is 7.10. The third kappa shape index (κ3) is 4.57. The van der Waals surface area contributed by atoms with Crippen molar-refractivity contribution in [1.29, 1.82) is 0 Å². The summed E-state index contributed by atoms with van der Waals surface area (Å²) in [7, 11) is 1.60. The molecule has 3 heterocycles. The highest BCUT2D eigenvalue weighted by Crippen LogP contribution is 2.35. The quantitative estimate of drug-likeness (QED) is 0.391. The fraction of sp³-hybridized carbons (Fsp3) is 0.286. The van der Waals surface area contributed by atoms with Crippen molar-refractivity contribution in [2.75, 3.05) is 20.3 Å². The molecule has 0 bridgehead atoms. The van der Waals surface area contributed by atoms with Crippen LogP contribution in [-0.4, -0.2) is 45.9 Å². The minimum absolute atomic E-state index is 0.110. The maximum absolute atomic E-state index is 13.0. The molecule has 0 aliphatic carbocycles. The largest absolute Gasteiger partial charge is 0.385 e. The van der Waals surface area contributed by atoms with Crippen molar-refractivity contribution < 1.29 is 14.1 Å². The van der Waals surface area contributed by atoms with E-state index in [1.165, 1.54) is 22.2 Å². The number of thiophene rings is 1. The summed E-state index contributed by atoms with van der Waals surface area (Å²) in [5.41, 5.74) is 1.16. The number of aryl methyl sites for hydroxylation is 1. The molecule has 0 saturated carbocycles. The molecule has 32 heavy (non-hydrogen) atoms. The van der Waals surface area contributed by atoms with Gasteiger partial charge in [-0.3, -0.25) is 14.2 Å². The smallest absolute Gasteiger partial charge is 0.268 e. The van der Waals surface area contributed by atoms with Gasteiger partial charge in [-0.15, -0.1) is 11.3 Å². The minimum Gasteiger partial charge on any atom is -0.385 e. The molecule has 4 aromatic rings. The van der Waals surface area contributed by atoms with Gasteiger partial charge in [0, 0.05) is 30.8 Å². The number of aromatic nitrogens is 4. The second kappa shape index (κ2) is 9.60. The summed E-state index contributed by atoms with van der Waals surface area (Å²) in [6.07, 6.45) is 2.08. The number of halogens is 1. The number of methoxy groups -OCH3 is 1. The highest BCUT2D eigenvalue weighted by atomic mass is 35.5. The van der Waals surface area contributed by atoms with Crippen LogP contribution < -0.4 is 10.9 Å². The number of hydrogen-bond acceptors (Lipinski definition) is 8. The maximum Gasteiger partial charge on any atom is 0.268 e. The first-order valence-electron chi connectivity index (χ1n) is 9.82. The average Bonchev–Trinajstić information content (AvgIpc) is 3.39. The number of carbonyl (C=O) groups excluding carboxylic acids is 1. The first-order chi connectivity index (χ1) is 15.5. The summed E-state index contributed by atoms with van der Waals surface area (Å²) in [6.45, 7) is 2.73. The van der Waals surface area contributed by atoms with Crippen LogP contribution in [0.3, 0.4) is 0 Å².